The SMILES string of the molecule is CCOC(=O)c1nc(-c2cccc(Cl)c2Cl)c(C)nc1N1CCC2(CC1)Cc1cc(NS(C)(=O)=O)ccc1C2=N[S+]([O-])C(C)(C)C. The van der Waals surface area contributed by atoms with E-state index in [-0.39, 0.29) is 12.3 Å². The maximum atomic E-state index is 13.3. The number of carbonyl (C=O) groups is 1. The predicted molar refractivity (Wildman–Crippen MR) is 185 cm³/mol. The van der Waals surface area contributed by atoms with Gasteiger partial charge in [-0.3, -0.25) is 4.72 Å². The van der Waals surface area contributed by atoms with Gasteiger partial charge >= 0.3 is 5.97 Å². The van der Waals surface area contributed by atoms with Crippen molar-refractivity contribution in [3.63, 3.8) is 0 Å². The van der Waals surface area contributed by atoms with Crippen molar-refractivity contribution in [3.05, 3.63) is 69.0 Å². The summed E-state index contributed by atoms with van der Waals surface area (Å²) in [5.41, 5.74) is 4.28. The van der Waals surface area contributed by atoms with E-state index in [0.717, 1.165) is 23.1 Å². The number of aryl methyl sites for hydroxylation is 1. The smallest absolute Gasteiger partial charge is 0.360 e. The van der Waals surface area contributed by atoms with Crippen LogP contribution in [0, 0.1) is 12.3 Å². The summed E-state index contributed by atoms with van der Waals surface area (Å²) in [5.74, 6) is -0.175. The van der Waals surface area contributed by atoms with Crippen LogP contribution in [-0.2, 0) is 32.5 Å². The van der Waals surface area contributed by atoms with Crippen LogP contribution in [0.15, 0.2) is 40.8 Å². The third kappa shape index (κ3) is 7.01. The van der Waals surface area contributed by atoms with Crippen molar-refractivity contribution in [2.75, 3.05) is 35.6 Å². The second kappa shape index (κ2) is 13.0. The number of sulfonamides is 1. The van der Waals surface area contributed by atoms with Crippen molar-refractivity contribution in [1.82, 2.24) is 9.97 Å². The summed E-state index contributed by atoms with van der Waals surface area (Å²) in [5, 5.41) is 0.685. The van der Waals surface area contributed by atoms with Gasteiger partial charge < -0.3 is 14.2 Å². The molecule has 1 aliphatic carbocycles. The minimum Gasteiger partial charge on any atom is -0.591 e. The molecule has 3 aromatic rings. The Labute approximate surface area is 283 Å². The quantitative estimate of drug-likeness (QED) is 0.220. The van der Waals surface area contributed by atoms with Gasteiger partial charge in [0.15, 0.2) is 11.5 Å². The molecule has 14 heteroatoms. The Bertz CT molecular complexity index is 1820. The number of esters is 1. The number of ether oxygens (including phenoxy) is 1. The molecule has 46 heavy (non-hydrogen) atoms. The van der Waals surface area contributed by atoms with Gasteiger partial charge in [-0.05, 0) is 77.6 Å². The molecule has 246 valence electrons. The number of hydrogen-bond donors (Lipinski definition) is 1. The topological polar surface area (TPSA) is 137 Å². The first-order valence-corrected chi connectivity index (χ1v) is 18.7. The zero-order chi connectivity index (χ0) is 33.6. The first-order valence-electron chi connectivity index (χ1n) is 14.9. The number of hydrogen-bond acceptors (Lipinski definition) is 9. The minimum absolute atomic E-state index is 0.0865. The van der Waals surface area contributed by atoms with Crippen molar-refractivity contribution < 1.29 is 22.5 Å². The fraction of sp³-hybridized carbons (Fsp3) is 0.438. The van der Waals surface area contributed by atoms with E-state index in [1.54, 1.807) is 31.2 Å². The van der Waals surface area contributed by atoms with Gasteiger partial charge in [-0.1, -0.05) is 45.8 Å². The normalized spacial score (nSPS) is 17.7. The van der Waals surface area contributed by atoms with E-state index in [1.165, 1.54) is 0 Å². The zero-order valence-corrected chi connectivity index (χ0v) is 29.8. The van der Waals surface area contributed by atoms with Crippen molar-refractivity contribution >= 4 is 67.8 Å². The maximum absolute atomic E-state index is 13.3. The molecule has 0 bridgehead atoms. The average Bonchev–Trinajstić information content (AvgIpc) is 3.25. The van der Waals surface area contributed by atoms with Crippen LogP contribution in [0.25, 0.3) is 11.3 Å². The van der Waals surface area contributed by atoms with Gasteiger partial charge in [0.1, 0.15) is 21.8 Å². The number of aromatic nitrogens is 2. The number of anilines is 2. The molecule has 1 aliphatic heterocycles. The van der Waals surface area contributed by atoms with Crippen molar-refractivity contribution in [3.8, 4) is 11.3 Å². The summed E-state index contributed by atoms with van der Waals surface area (Å²) < 4.78 is 49.4. The van der Waals surface area contributed by atoms with Crippen LogP contribution in [0.4, 0.5) is 11.5 Å². The lowest BCUT2D eigenvalue weighted by molar-refractivity contribution is 0.0519. The number of nitrogens with one attached hydrogen (secondary N) is 1. The molecule has 1 aromatic heterocycles. The summed E-state index contributed by atoms with van der Waals surface area (Å²) in [6, 6.07) is 10.6. The summed E-state index contributed by atoms with van der Waals surface area (Å²) >= 11 is 11.3. The van der Waals surface area contributed by atoms with Crippen LogP contribution < -0.4 is 9.62 Å². The summed E-state index contributed by atoms with van der Waals surface area (Å²) in [7, 11) is -3.46. The molecule has 1 N–H and O–H groups in total. The largest absolute Gasteiger partial charge is 0.591 e. The Hall–Kier alpha value is -2.90. The summed E-state index contributed by atoms with van der Waals surface area (Å²) in [6.45, 7) is 10.4. The highest BCUT2D eigenvalue weighted by molar-refractivity contribution is 7.92. The average molecular weight is 707 g/mol. The minimum atomic E-state index is -3.46. The molecule has 10 nitrogen and oxygen atoms in total. The highest BCUT2D eigenvalue weighted by Crippen LogP contribution is 2.47. The fourth-order valence-corrected chi connectivity index (χ4v) is 7.59. The molecule has 1 saturated heterocycles. The van der Waals surface area contributed by atoms with Gasteiger partial charge in [0.05, 0.1) is 34.3 Å². The molecular formula is C32H37Cl2N5O5S2. The third-order valence-corrected chi connectivity index (χ3v) is 11.0. The van der Waals surface area contributed by atoms with Crippen molar-refractivity contribution in [1.29, 1.82) is 0 Å². The van der Waals surface area contributed by atoms with Gasteiger partial charge in [-0.15, -0.1) is 0 Å². The van der Waals surface area contributed by atoms with E-state index in [2.05, 4.69) is 4.72 Å². The number of benzene rings is 2. The van der Waals surface area contributed by atoms with E-state index in [4.69, 9.17) is 42.3 Å². The standard InChI is InChI=1S/C32H37Cl2N5O5S2/c1-7-44-30(40)27-29(35-19(2)26(36-27)23-9-8-10-24(33)25(23)34)39-15-13-32(14-16-39)18-20-17-21(38-46(6,42)43)11-12-22(20)28(32)37-45(41)31(3,4)5/h8-12,17,38H,7,13-16,18H2,1-6H3. The monoisotopic (exact) mass is 705 g/mol. The molecule has 0 saturated carbocycles. The Morgan fingerprint density at radius 3 is 2.48 bits per heavy atom. The molecule has 5 rings (SSSR count). The van der Waals surface area contributed by atoms with Gasteiger partial charge in [0.2, 0.25) is 10.0 Å². The van der Waals surface area contributed by atoms with Gasteiger partial charge in [-0.25, -0.2) is 23.2 Å². The molecule has 0 amide bonds. The van der Waals surface area contributed by atoms with Crippen LogP contribution in [0.1, 0.15) is 67.8 Å². The van der Waals surface area contributed by atoms with Crippen LogP contribution in [0.5, 0.6) is 0 Å². The fourth-order valence-electron chi connectivity index (χ4n) is 5.91. The lowest BCUT2D eigenvalue weighted by Gasteiger charge is -2.40. The predicted octanol–water partition coefficient (Wildman–Crippen LogP) is 6.40. The third-order valence-electron chi connectivity index (χ3n) is 8.14. The van der Waals surface area contributed by atoms with E-state index in [1.807, 2.05) is 44.7 Å². The number of fused-ring (bicyclic) bond motifs is 1. The van der Waals surface area contributed by atoms with E-state index in [0.29, 0.717) is 70.9 Å². The summed E-state index contributed by atoms with van der Waals surface area (Å²) in [6.07, 6.45) is 2.97. The van der Waals surface area contributed by atoms with Crippen LogP contribution in [-0.4, -0.2) is 65.3 Å². The van der Waals surface area contributed by atoms with Gasteiger partial charge in [0, 0.05) is 35.3 Å². The Balaban J connectivity index is 1.52. The number of rotatable bonds is 7. The molecule has 2 aliphatic rings. The zero-order valence-electron chi connectivity index (χ0n) is 26.6. The molecule has 0 radical (unpaired) electrons. The molecule has 2 aromatic carbocycles. The summed E-state index contributed by atoms with van der Waals surface area (Å²) in [4.78, 5) is 24.9. The number of nitrogens with zero attached hydrogens (tertiary/aromatic N) is 4. The van der Waals surface area contributed by atoms with E-state index < -0.39 is 37.5 Å². The second-order valence-corrected chi connectivity index (χ2v) is 17.1. The molecule has 1 unspecified atom stereocenters. The van der Waals surface area contributed by atoms with Crippen molar-refractivity contribution in [2.45, 2.75) is 58.6 Å². The first kappa shape index (κ1) is 34.4. The molecule has 1 atom stereocenters. The number of piperidine rings is 1. The molecule has 1 spiro atoms. The number of halogens is 2. The van der Waals surface area contributed by atoms with Crippen LogP contribution in [0.2, 0.25) is 10.0 Å². The highest BCUT2D eigenvalue weighted by atomic mass is 35.5. The number of carbonyl (C=O) groups excluding carboxylic acids is 1. The van der Waals surface area contributed by atoms with Crippen LogP contribution >= 0.6 is 23.2 Å². The van der Waals surface area contributed by atoms with E-state index in [9.17, 15) is 17.8 Å². The Morgan fingerprint density at radius 1 is 1.15 bits per heavy atom. The second-order valence-electron chi connectivity index (χ2n) is 12.6. The Morgan fingerprint density at radius 2 is 1.85 bits per heavy atom. The Kier molecular flexibility index (Phi) is 9.70. The van der Waals surface area contributed by atoms with Crippen molar-refractivity contribution in [2.24, 2.45) is 9.81 Å². The maximum Gasteiger partial charge on any atom is 0.360 e. The van der Waals surface area contributed by atoms with E-state index >= 15 is 0 Å². The highest BCUT2D eigenvalue weighted by Gasteiger charge is 2.48. The lowest BCUT2D eigenvalue weighted by Crippen LogP contribution is -2.45. The molecule has 1 fully saturated rings. The lowest BCUT2D eigenvalue weighted by atomic mass is 9.74. The van der Waals surface area contributed by atoms with Gasteiger partial charge in [0.25, 0.3) is 0 Å². The molecule has 2 heterocycles. The van der Waals surface area contributed by atoms with Crippen LogP contribution in [0.3, 0.4) is 0 Å². The first-order chi connectivity index (χ1) is 21.5. The molecular weight excluding hydrogens is 669 g/mol. The van der Waals surface area contributed by atoms with Gasteiger partial charge in [-0.2, -0.15) is 0 Å².